The first-order chi connectivity index (χ1) is 11.9. The minimum atomic E-state index is -0.783. The van der Waals surface area contributed by atoms with E-state index < -0.39 is 29.3 Å². The number of nitrogens with one attached hydrogen (secondary N) is 2. The highest BCUT2D eigenvalue weighted by atomic mass is 35.5. The third kappa shape index (κ3) is 5.26. The van der Waals surface area contributed by atoms with Crippen molar-refractivity contribution in [1.29, 1.82) is 0 Å². The molecule has 2 amide bonds. The van der Waals surface area contributed by atoms with Gasteiger partial charge in [0.25, 0.3) is 17.5 Å². The maximum atomic E-state index is 11.8. The molecule has 0 radical (unpaired) electrons. The van der Waals surface area contributed by atoms with Gasteiger partial charge in [-0.15, -0.1) is 11.3 Å². The average molecular weight is 384 g/mol. The average Bonchev–Trinajstić information content (AvgIpc) is 3.04. The predicted octanol–water partition coefficient (Wildman–Crippen LogP) is 1.93. The molecule has 0 saturated carbocycles. The van der Waals surface area contributed by atoms with Crippen LogP contribution in [0, 0.1) is 10.1 Å². The number of hydrogen-bond acceptors (Lipinski definition) is 7. The monoisotopic (exact) mass is 383 g/mol. The maximum absolute atomic E-state index is 11.8. The molecule has 1 aromatic heterocycles. The van der Waals surface area contributed by atoms with Gasteiger partial charge in [-0.2, -0.15) is 0 Å². The molecule has 0 aliphatic rings. The molecule has 2 rings (SSSR count). The van der Waals surface area contributed by atoms with Crippen LogP contribution in [0.15, 0.2) is 36.4 Å². The largest absolute Gasteiger partial charge is 0.451 e. The van der Waals surface area contributed by atoms with Crippen LogP contribution in [0.3, 0.4) is 0 Å². The van der Waals surface area contributed by atoms with Crippen molar-refractivity contribution in [2.24, 2.45) is 0 Å². The van der Waals surface area contributed by atoms with Gasteiger partial charge in [0.2, 0.25) is 0 Å². The lowest BCUT2D eigenvalue weighted by molar-refractivity contribution is -0.384. The molecule has 0 saturated heterocycles. The number of hydrogen-bond donors (Lipinski definition) is 2. The van der Waals surface area contributed by atoms with Gasteiger partial charge in [-0.3, -0.25) is 30.6 Å². The van der Waals surface area contributed by atoms with Crippen molar-refractivity contribution in [3.63, 3.8) is 0 Å². The summed E-state index contributed by atoms with van der Waals surface area (Å²) in [6.45, 7) is -0.621. The molecular formula is C14H10ClN3O6S. The highest BCUT2D eigenvalue weighted by Gasteiger charge is 2.14. The minimum Gasteiger partial charge on any atom is -0.451 e. The number of non-ortho nitro benzene ring substituents is 1. The van der Waals surface area contributed by atoms with Gasteiger partial charge in [-0.1, -0.05) is 17.7 Å². The molecule has 0 atom stereocenters. The Morgan fingerprint density at radius 1 is 1.20 bits per heavy atom. The summed E-state index contributed by atoms with van der Waals surface area (Å²) < 4.78 is 5.16. The Morgan fingerprint density at radius 3 is 2.60 bits per heavy atom. The number of halogens is 1. The Morgan fingerprint density at radius 2 is 1.96 bits per heavy atom. The summed E-state index contributed by atoms with van der Waals surface area (Å²) in [5, 5.41) is 10.7. The van der Waals surface area contributed by atoms with Crippen molar-refractivity contribution >= 4 is 46.4 Å². The van der Waals surface area contributed by atoms with E-state index >= 15 is 0 Å². The molecule has 0 unspecified atom stereocenters. The summed E-state index contributed by atoms with van der Waals surface area (Å²) in [6.07, 6.45) is 0. The second kappa shape index (κ2) is 8.22. The quantitative estimate of drug-likeness (QED) is 0.461. The van der Waals surface area contributed by atoms with Crippen LogP contribution < -0.4 is 10.9 Å². The van der Waals surface area contributed by atoms with Crippen LogP contribution in [-0.4, -0.2) is 29.3 Å². The van der Waals surface area contributed by atoms with E-state index in [4.69, 9.17) is 16.3 Å². The SMILES string of the molecule is O=C(COC(=O)c1ccc(Cl)s1)NNC(=O)c1cccc([N+](=O)[O-])c1. The number of rotatable bonds is 5. The summed E-state index contributed by atoms with van der Waals surface area (Å²) in [4.78, 5) is 45.2. The van der Waals surface area contributed by atoms with E-state index in [1.54, 1.807) is 0 Å². The third-order valence-electron chi connectivity index (χ3n) is 2.74. The summed E-state index contributed by atoms with van der Waals surface area (Å²) in [5.74, 6) is -2.26. The zero-order valence-electron chi connectivity index (χ0n) is 12.4. The highest BCUT2D eigenvalue weighted by molar-refractivity contribution is 7.17. The molecule has 1 aromatic carbocycles. The summed E-state index contributed by atoms with van der Waals surface area (Å²) >= 11 is 6.68. The van der Waals surface area contributed by atoms with E-state index in [1.807, 2.05) is 5.43 Å². The Bertz CT molecular complexity index is 837. The van der Waals surface area contributed by atoms with Crippen molar-refractivity contribution in [1.82, 2.24) is 10.9 Å². The number of esters is 1. The van der Waals surface area contributed by atoms with Crippen molar-refractivity contribution in [2.75, 3.05) is 6.61 Å². The molecule has 2 aromatic rings. The second-order valence-electron chi connectivity index (χ2n) is 4.49. The molecule has 25 heavy (non-hydrogen) atoms. The molecule has 0 fully saturated rings. The summed E-state index contributed by atoms with van der Waals surface area (Å²) in [7, 11) is 0. The molecule has 9 nitrogen and oxygen atoms in total. The Labute approximate surface area is 149 Å². The van der Waals surface area contributed by atoms with Gasteiger partial charge in [-0.25, -0.2) is 4.79 Å². The molecule has 1 heterocycles. The Kier molecular flexibility index (Phi) is 6.03. The first kappa shape index (κ1) is 18.4. The second-order valence-corrected chi connectivity index (χ2v) is 6.20. The standard InChI is InChI=1S/C14H10ClN3O6S/c15-11-5-4-10(25-11)14(21)24-7-12(19)16-17-13(20)8-2-1-3-9(6-8)18(22)23/h1-6H,7H2,(H,16,19)(H,17,20). The van der Waals surface area contributed by atoms with Gasteiger partial charge >= 0.3 is 5.97 Å². The first-order valence-electron chi connectivity index (χ1n) is 6.63. The smallest absolute Gasteiger partial charge is 0.348 e. The van der Waals surface area contributed by atoms with Gasteiger partial charge in [0.1, 0.15) is 4.88 Å². The molecular weight excluding hydrogens is 374 g/mol. The lowest BCUT2D eigenvalue weighted by Crippen LogP contribution is -2.43. The van der Waals surface area contributed by atoms with Crippen molar-refractivity contribution < 1.29 is 24.0 Å². The van der Waals surface area contributed by atoms with Crippen molar-refractivity contribution in [3.05, 3.63) is 61.3 Å². The number of benzene rings is 1. The lowest BCUT2D eigenvalue weighted by atomic mass is 10.2. The Balaban J connectivity index is 1.81. The van der Waals surface area contributed by atoms with Gasteiger partial charge in [0.15, 0.2) is 6.61 Å². The first-order valence-corrected chi connectivity index (χ1v) is 7.82. The van der Waals surface area contributed by atoms with Gasteiger partial charge in [-0.05, 0) is 18.2 Å². The summed E-state index contributed by atoms with van der Waals surface area (Å²) in [6, 6.07) is 7.94. The molecule has 2 N–H and O–H groups in total. The normalized spacial score (nSPS) is 9.96. The van der Waals surface area contributed by atoms with Crippen LogP contribution in [0.1, 0.15) is 20.0 Å². The number of nitro groups is 1. The number of hydrazine groups is 1. The van der Waals surface area contributed by atoms with Crippen LogP contribution in [0.25, 0.3) is 0 Å². The number of amides is 2. The van der Waals surface area contributed by atoms with Crippen LogP contribution in [0.4, 0.5) is 5.69 Å². The Hall–Kier alpha value is -2.98. The van der Waals surface area contributed by atoms with E-state index in [2.05, 4.69) is 5.43 Å². The number of ether oxygens (including phenoxy) is 1. The molecule has 11 heteroatoms. The van der Waals surface area contributed by atoms with E-state index in [0.717, 1.165) is 17.4 Å². The fraction of sp³-hybridized carbons (Fsp3) is 0.0714. The third-order valence-corrected chi connectivity index (χ3v) is 3.95. The maximum Gasteiger partial charge on any atom is 0.348 e. The zero-order valence-corrected chi connectivity index (χ0v) is 13.9. The molecule has 0 bridgehead atoms. The number of carbonyl (C=O) groups is 3. The topological polar surface area (TPSA) is 128 Å². The molecule has 0 aliphatic carbocycles. The predicted molar refractivity (Wildman–Crippen MR) is 88.3 cm³/mol. The minimum absolute atomic E-state index is 0.0141. The van der Waals surface area contributed by atoms with Gasteiger partial charge in [0, 0.05) is 17.7 Å². The van der Waals surface area contributed by atoms with Crippen LogP contribution >= 0.6 is 22.9 Å². The van der Waals surface area contributed by atoms with E-state index in [-0.39, 0.29) is 16.1 Å². The van der Waals surface area contributed by atoms with Crippen molar-refractivity contribution in [2.45, 2.75) is 0 Å². The van der Waals surface area contributed by atoms with Crippen LogP contribution in [-0.2, 0) is 9.53 Å². The van der Waals surface area contributed by atoms with Crippen LogP contribution in [0.5, 0.6) is 0 Å². The number of carbonyl (C=O) groups excluding carboxylic acids is 3. The lowest BCUT2D eigenvalue weighted by Gasteiger charge is -2.07. The molecule has 130 valence electrons. The number of nitrogens with zero attached hydrogens (tertiary/aromatic N) is 1. The number of nitro benzene ring substituents is 1. The van der Waals surface area contributed by atoms with E-state index in [1.165, 1.54) is 30.3 Å². The zero-order chi connectivity index (χ0) is 18.4. The fourth-order valence-electron chi connectivity index (χ4n) is 1.62. The number of thiophene rings is 1. The molecule has 0 spiro atoms. The fourth-order valence-corrected chi connectivity index (χ4v) is 2.56. The van der Waals surface area contributed by atoms with E-state index in [0.29, 0.717) is 4.34 Å². The van der Waals surface area contributed by atoms with Crippen LogP contribution in [0.2, 0.25) is 4.34 Å². The van der Waals surface area contributed by atoms with E-state index in [9.17, 15) is 24.5 Å². The highest BCUT2D eigenvalue weighted by Crippen LogP contribution is 2.21. The van der Waals surface area contributed by atoms with Gasteiger partial charge < -0.3 is 4.74 Å². The molecule has 0 aliphatic heterocycles. The van der Waals surface area contributed by atoms with Gasteiger partial charge in [0.05, 0.1) is 9.26 Å². The van der Waals surface area contributed by atoms with Crippen molar-refractivity contribution in [3.8, 4) is 0 Å². The summed E-state index contributed by atoms with van der Waals surface area (Å²) in [5.41, 5.74) is 3.82.